The molecule has 0 saturated carbocycles. The number of anilines is 1. The standard InChI is InChI=1S/C10H13BrN2O/c11-7-2-1-3-8(12)10(7)9-6-14-5-4-13-9/h1-3,9,13H,4-6,12H2/t9-/m1/s1. The topological polar surface area (TPSA) is 47.3 Å². The van der Waals surface area contributed by atoms with Crippen LogP contribution in [0.15, 0.2) is 22.7 Å². The van der Waals surface area contributed by atoms with Crippen molar-refractivity contribution in [3.63, 3.8) is 0 Å². The third-order valence-electron chi connectivity index (χ3n) is 2.36. The highest BCUT2D eigenvalue weighted by Crippen LogP contribution is 2.29. The third kappa shape index (κ3) is 1.92. The number of hydrogen-bond acceptors (Lipinski definition) is 3. The Hall–Kier alpha value is -0.580. The van der Waals surface area contributed by atoms with Gasteiger partial charge in [-0.1, -0.05) is 22.0 Å². The highest BCUT2D eigenvalue weighted by atomic mass is 79.9. The summed E-state index contributed by atoms with van der Waals surface area (Å²) in [7, 11) is 0. The lowest BCUT2D eigenvalue weighted by Crippen LogP contribution is -2.35. The van der Waals surface area contributed by atoms with Gasteiger partial charge < -0.3 is 15.8 Å². The first-order valence-corrected chi connectivity index (χ1v) is 5.43. The average molecular weight is 257 g/mol. The molecule has 76 valence electrons. The van der Waals surface area contributed by atoms with Crippen LogP contribution in [-0.2, 0) is 4.74 Å². The lowest BCUT2D eigenvalue weighted by Gasteiger charge is -2.26. The summed E-state index contributed by atoms with van der Waals surface area (Å²) in [5.74, 6) is 0. The van der Waals surface area contributed by atoms with Crippen LogP contribution in [-0.4, -0.2) is 19.8 Å². The van der Waals surface area contributed by atoms with Gasteiger partial charge in [0.15, 0.2) is 0 Å². The van der Waals surface area contributed by atoms with Gasteiger partial charge in [-0.2, -0.15) is 0 Å². The van der Waals surface area contributed by atoms with Gasteiger partial charge in [0.25, 0.3) is 0 Å². The molecule has 1 atom stereocenters. The molecule has 3 nitrogen and oxygen atoms in total. The maximum absolute atomic E-state index is 5.93. The van der Waals surface area contributed by atoms with Crippen LogP contribution in [0.3, 0.4) is 0 Å². The lowest BCUT2D eigenvalue weighted by atomic mass is 10.0. The van der Waals surface area contributed by atoms with Crippen LogP contribution < -0.4 is 11.1 Å². The van der Waals surface area contributed by atoms with Crippen LogP contribution in [0.2, 0.25) is 0 Å². The molecular formula is C10H13BrN2O. The molecule has 1 aromatic carbocycles. The molecule has 14 heavy (non-hydrogen) atoms. The minimum Gasteiger partial charge on any atom is -0.398 e. The zero-order chi connectivity index (χ0) is 9.97. The van der Waals surface area contributed by atoms with Crippen molar-refractivity contribution in [1.29, 1.82) is 0 Å². The summed E-state index contributed by atoms with van der Waals surface area (Å²) in [5.41, 5.74) is 7.84. The molecule has 0 radical (unpaired) electrons. The minimum absolute atomic E-state index is 0.208. The Morgan fingerprint density at radius 1 is 1.50 bits per heavy atom. The summed E-state index contributed by atoms with van der Waals surface area (Å²) >= 11 is 3.51. The summed E-state index contributed by atoms with van der Waals surface area (Å²) in [4.78, 5) is 0. The number of halogens is 1. The number of nitrogen functional groups attached to an aromatic ring is 1. The summed E-state index contributed by atoms with van der Waals surface area (Å²) in [6, 6.07) is 6.06. The van der Waals surface area contributed by atoms with E-state index in [1.54, 1.807) is 0 Å². The fraction of sp³-hybridized carbons (Fsp3) is 0.400. The molecule has 1 aromatic rings. The van der Waals surface area contributed by atoms with Gasteiger partial charge in [0, 0.05) is 22.3 Å². The normalized spacial score (nSPS) is 22.2. The first-order chi connectivity index (χ1) is 6.79. The second-order valence-corrected chi connectivity index (χ2v) is 4.18. The Bertz CT molecular complexity index is 304. The van der Waals surface area contributed by atoms with E-state index < -0.39 is 0 Å². The quantitative estimate of drug-likeness (QED) is 0.753. The highest BCUT2D eigenvalue weighted by Gasteiger charge is 2.19. The summed E-state index contributed by atoms with van der Waals surface area (Å²) < 4.78 is 6.45. The second kappa shape index (κ2) is 4.29. The predicted molar refractivity (Wildman–Crippen MR) is 60.1 cm³/mol. The largest absolute Gasteiger partial charge is 0.398 e. The SMILES string of the molecule is Nc1cccc(Br)c1[C@H]1COCCN1. The Morgan fingerprint density at radius 2 is 2.36 bits per heavy atom. The van der Waals surface area contributed by atoms with E-state index in [0.717, 1.165) is 28.9 Å². The van der Waals surface area contributed by atoms with Crippen molar-refractivity contribution in [2.45, 2.75) is 6.04 Å². The van der Waals surface area contributed by atoms with Gasteiger partial charge in [-0.3, -0.25) is 0 Å². The van der Waals surface area contributed by atoms with Crippen LogP contribution in [0.5, 0.6) is 0 Å². The van der Waals surface area contributed by atoms with E-state index in [-0.39, 0.29) is 6.04 Å². The van der Waals surface area contributed by atoms with Gasteiger partial charge in [0.2, 0.25) is 0 Å². The number of morpholine rings is 1. The fourth-order valence-corrected chi connectivity index (χ4v) is 2.33. The fourth-order valence-electron chi connectivity index (χ4n) is 1.67. The maximum Gasteiger partial charge on any atom is 0.0663 e. The number of hydrogen-bond donors (Lipinski definition) is 2. The molecule has 0 amide bonds. The molecule has 1 saturated heterocycles. The maximum atomic E-state index is 5.93. The second-order valence-electron chi connectivity index (χ2n) is 3.32. The van der Waals surface area contributed by atoms with Crippen molar-refractivity contribution in [2.75, 3.05) is 25.5 Å². The van der Waals surface area contributed by atoms with Crippen molar-refractivity contribution < 1.29 is 4.74 Å². The van der Waals surface area contributed by atoms with Gasteiger partial charge in [0.1, 0.15) is 0 Å². The van der Waals surface area contributed by atoms with Gasteiger partial charge in [-0.15, -0.1) is 0 Å². The summed E-state index contributed by atoms with van der Waals surface area (Å²) in [5, 5.41) is 3.38. The molecule has 1 aliphatic rings. The van der Waals surface area contributed by atoms with E-state index in [9.17, 15) is 0 Å². The molecule has 2 rings (SSSR count). The minimum atomic E-state index is 0.208. The smallest absolute Gasteiger partial charge is 0.0663 e. The number of ether oxygens (including phenoxy) is 1. The Kier molecular flexibility index (Phi) is 3.05. The van der Waals surface area contributed by atoms with E-state index in [1.165, 1.54) is 0 Å². The summed E-state index contributed by atoms with van der Waals surface area (Å²) in [6.45, 7) is 2.35. The first-order valence-electron chi connectivity index (χ1n) is 4.64. The van der Waals surface area contributed by atoms with E-state index in [0.29, 0.717) is 6.61 Å². The Morgan fingerprint density at radius 3 is 3.00 bits per heavy atom. The van der Waals surface area contributed by atoms with Crippen LogP contribution >= 0.6 is 15.9 Å². The molecule has 0 aliphatic carbocycles. The monoisotopic (exact) mass is 256 g/mol. The van der Waals surface area contributed by atoms with Crippen molar-refractivity contribution in [3.8, 4) is 0 Å². The van der Waals surface area contributed by atoms with Crippen molar-refractivity contribution in [3.05, 3.63) is 28.2 Å². The van der Waals surface area contributed by atoms with Crippen LogP contribution in [0.1, 0.15) is 11.6 Å². The zero-order valence-electron chi connectivity index (χ0n) is 7.79. The van der Waals surface area contributed by atoms with E-state index in [2.05, 4.69) is 21.2 Å². The zero-order valence-corrected chi connectivity index (χ0v) is 9.38. The highest BCUT2D eigenvalue weighted by molar-refractivity contribution is 9.10. The third-order valence-corrected chi connectivity index (χ3v) is 3.05. The van der Waals surface area contributed by atoms with E-state index >= 15 is 0 Å². The van der Waals surface area contributed by atoms with Crippen LogP contribution in [0, 0.1) is 0 Å². The lowest BCUT2D eigenvalue weighted by molar-refractivity contribution is 0.0769. The molecule has 0 unspecified atom stereocenters. The number of nitrogens with two attached hydrogens (primary N) is 1. The molecule has 1 aliphatic heterocycles. The van der Waals surface area contributed by atoms with Crippen LogP contribution in [0.25, 0.3) is 0 Å². The van der Waals surface area contributed by atoms with Crippen LogP contribution in [0.4, 0.5) is 5.69 Å². The van der Waals surface area contributed by atoms with E-state index in [4.69, 9.17) is 10.5 Å². The molecular weight excluding hydrogens is 244 g/mol. The Balaban J connectivity index is 2.29. The van der Waals surface area contributed by atoms with E-state index in [1.807, 2.05) is 18.2 Å². The number of nitrogens with one attached hydrogen (secondary N) is 1. The van der Waals surface area contributed by atoms with Gasteiger partial charge in [-0.05, 0) is 12.1 Å². The van der Waals surface area contributed by atoms with Gasteiger partial charge in [0.05, 0.1) is 19.3 Å². The van der Waals surface area contributed by atoms with Crippen molar-refractivity contribution >= 4 is 21.6 Å². The average Bonchev–Trinajstić information content (AvgIpc) is 2.19. The predicted octanol–water partition coefficient (Wildman–Crippen LogP) is 1.69. The Labute approximate surface area is 91.8 Å². The first kappa shape index (κ1) is 9.96. The van der Waals surface area contributed by atoms with Crippen molar-refractivity contribution in [1.82, 2.24) is 5.32 Å². The number of rotatable bonds is 1. The number of benzene rings is 1. The molecule has 0 bridgehead atoms. The molecule has 0 aromatic heterocycles. The molecule has 1 heterocycles. The molecule has 3 N–H and O–H groups in total. The molecule has 4 heteroatoms. The molecule has 0 spiro atoms. The summed E-state index contributed by atoms with van der Waals surface area (Å²) in [6.07, 6.45) is 0. The van der Waals surface area contributed by atoms with Crippen molar-refractivity contribution in [2.24, 2.45) is 0 Å². The van der Waals surface area contributed by atoms with Gasteiger partial charge in [-0.25, -0.2) is 0 Å². The molecule has 1 fully saturated rings. The van der Waals surface area contributed by atoms with Gasteiger partial charge >= 0.3 is 0 Å².